The summed E-state index contributed by atoms with van der Waals surface area (Å²) in [4.78, 5) is 27.7. The van der Waals surface area contributed by atoms with Gasteiger partial charge in [0, 0.05) is 23.6 Å². The van der Waals surface area contributed by atoms with Crippen LogP contribution in [0.3, 0.4) is 0 Å². The number of methoxy groups -OCH3 is 2. The fourth-order valence-corrected chi connectivity index (χ4v) is 2.84. The van der Waals surface area contributed by atoms with Crippen LogP contribution in [0.4, 0.5) is 0 Å². The zero-order chi connectivity index (χ0) is 18.5. The first kappa shape index (κ1) is 17.5. The van der Waals surface area contributed by atoms with Crippen LogP contribution in [0.5, 0.6) is 11.5 Å². The Morgan fingerprint density at radius 2 is 1.88 bits per heavy atom. The smallest absolute Gasteiger partial charge is 0.292 e. The highest BCUT2D eigenvalue weighted by Crippen LogP contribution is 2.24. The molecule has 0 aliphatic carbocycles. The van der Waals surface area contributed by atoms with Gasteiger partial charge in [-0.15, -0.1) is 0 Å². The van der Waals surface area contributed by atoms with Gasteiger partial charge in [0.2, 0.25) is 0 Å². The number of benzene rings is 2. The first-order valence-electron chi connectivity index (χ1n) is 8.23. The van der Waals surface area contributed by atoms with Crippen molar-refractivity contribution in [2.45, 2.75) is 6.42 Å². The lowest BCUT2D eigenvalue weighted by Crippen LogP contribution is -2.32. The van der Waals surface area contributed by atoms with E-state index >= 15 is 0 Å². The minimum absolute atomic E-state index is 0.327. The fourth-order valence-electron chi connectivity index (χ4n) is 2.84. The fraction of sp³-hybridized carbons (Fsp3) is 0.200. The Morgan fingerprint density at radius 1 is 1.08 bits per heavy atom. The Bertz CT molecular complexity index is 946. The van der Waals surface area contributed by atoms with Crippen LogP contribution in [0.25, 0.3) is 10.9 Å². The van der Waals surface area contributed by atoms with E-state index in [0.29, 0.717) is 29.7 Å². The molecule has 0 unspecified atom stereocenters. The van der Waals surface area contributed by atoms with Gasteiger partial charge in [0.1, 0.15) is 11.5 Å². The Kier molecular flexibility index (Phi) is 5.22. The van der Waals surface area contributed by atoms with Crippen molar-refractivity contribution in [3.63, 3.8) is 0 Å². The molecule has 134 valence electrons. The van der Waals surface area contributed by atoms with E-state index in [1.54, 1.807) is 32.5 Å². The van der Waals surface area contributed by atoms with Crippen LogP contribution >= 0.6 is 0 Å². The molecule has 3 rings (SSSR count). The summed E-state index contributed by atoms with van der Waals surface area (Å²) in [5.74, 6) is 0.174. The number of H-pyrrole nitrogens is 1. The summed E-state index contributed by atoms with van der Waals surface area (Å²) >= 11 is 0. The normalized spacial score (nSPS) is 10.5. The summed E-state index contributed by atoms with van der Waals surface area (Å²) in [6.07, 6.45) is 2.12. The second kappa shape index (κ2) is 7.74. The van der Waals surface area contributed by atoms with E-state index in [2.05, 4.69) is 10.3 Å². The lowest BCUT2D eigenvalue weighted by Gasteiger charge is -2.08. The van der Waals surface area contributed by atoms with Gasteiger partial charge < -0.3 is 19.8 Å². The van der Waals surface area contributed by atoms with Crippen LogP contribution in [0.15, 0.2) is 48.7 Å². The molecule has 0 bridgehead atoms. The number of nitrogens with one attached hydrogen (secondary N) is 2. The average Bonchev–Trinajstić information content (AvgIpc) is 3.10. The number of carbonyl (C=O) groups is 2. The van der Waals surface area contributed by atoms with Gasteiger partial charge in [-0.2, -0.15) is 0 Å². The molecule has 6 nitrogen and oxygen atoms in total. The highest BCUT2D eigenvalue weighted by atomic mass is 16.5. The Labute approximate surface area is 151 Å². The molecule has 0 aliphatic heterocycles. The molecule has 1 heterocycles. The summed E-state index contributed by atoms with van der Waals surface area (Å²) < 4.78 is 10.5. The van der Waals surface area contributed by atoms with Crippen LogP contribution in [0, 0.1) is 0 Å². The van der Waals surface area contributed by atoms with Crippen molar-refractivity contribution in [1.82, 2.24) is 10.3 Å². The van der Waals surface area contributed by atoms with E-state index in [1.165, 1.54) is 0 Å². The number of amides is 1. The van der Waals surface area contributed by atoms with Gasteiger partial charge in [-0.05, 0) is 36.2 Å². The van der Waals surface area contributed by atoms with E-state index in [9.17, 15) is 9.59 Å². The van der Waals surface area contributed by atoms with Crippen LogP contribution in [0.1, 0.15) is 15.9 Å². The van der Waals surface area contributed by atoms with Gasteiger partial charge in [-0.25, -0.2) is 0 Å². The van der Waals surface area contributed by atoms with Crippen LogP contribution in [-0.2, 0) is 11.2 Å². The van der Waals surface area contributed by atoms with Crippen molar-refractivity contribution in [3.05, 3.63) is 59.8 Å². The minimum Gasteiger partial charge on any atom is -0.497 e. The monoisotopic (exact) mass is 352 g/mol. The number of Topliss-reactive ketones (excluding diaryl/α,β-unsaturated/α-hetero) is 1. The molecule has 0 fully saturated rings. The molecule has 0 radical (unpaired) electrons. The summed E-state index contributed by atoms with van der Waals surface area (Å²) in [6.45, 7) is 0.344. The first-order chi connectivity index (χ1) is 12.6. The van der Waals surface area contributed by atoms with Crippen LogP contribution in [-0.4, -0.2) is 37.4 Å². The lowest BCUT2D eigenvalue weighted by molar-refractivity contribution is -0.116. The number of ketones is 1. The molecular weight excluding hydrogens is 332 g/mol. The molecule has 0 spiro atoms. The molecule has 26 heavy (non-hydrogen) atoms. The van der Waals surface area contributed by atoms with Gasteiger partial charge in [0.25, 0.3) is 11.7 Å². The molecule has 2 N–H and O–H groups in total. The van der Waals surface area contributed by atoms with Crippen molar-refractivity contribution < 1.29 is 19.1 Å². The Hall–Kier alpha value is -3.28. The number of ether oxygens (including phenoxy) is 2. The molecule has 6 heteroatoms. The van der Waals surface area contributed by atoms with Gasteiger partial charge in [-0.1, -0.05) is 18.2 Å². The number of aromatic nitrogens is 1. The predicted molar refractivity (Wildman–Crippen MR) is 98.9 cm³/mol. The molecule has 1 aromatic heterocycles. The molecule has 0 atom stereocenters. The quantitative estimate of drug-likeness (QED) is 0.506. The standard InChI is InChI=1S/C20H20N2O4/c1-25-14-7-8-17-15(11-14)16(12-22-17)19(23)20(24)21-10-9-13-5-3-4-6-18(13)26-2/h3-8,11-12,22H,9-10H2,1-2H3,(H,21,24). The van der Waals surface area contributed by atoms with Crippen molar-refractivity contribution in [3.8, 4) is 11.5 Å². The number of aromatic amines is 1. The maximum absolute atomic E-state index is 12.5. The molecule has 0 saturated heterocycles. The van der Waals surface area contributed by atoms with E-state index in [-0.39, 0.29) is 0 Å². The van der Waals surface area contributed by atoms with E-state index in [1.807, 2.05) is 30.3 Å². The van der Waals surface area contributed by atoms with Crippen molar-refractivity contribution in [2.75, 3.05) is 20.8 Å². The topological polar surface area (TPSA) is 80.4 Å². The number of rotatable bonds is 7. The first-order valence-corrected chi connectivity index (χ1v) is 8.23. The number of carbonyl (C=O) groups excluding carboxylic acids is 2. The van der Waals surface area contributed by atoms with Crippen molar-refractivity contribution in [1.29, 1.82) is 0 Å². The van der Waals surface area contributed by atoms with Gasteiger partial charge >= 0.3 is 0 Å². The third-order valence-corrected chi connectivity index (χ3v) is 4.21. The highest BCUT2D eigenvalue weighted by Gasteiger charge is 2.20. The molecule has 2 aromatic carbocycles. The summed E-state index contributed by atoms with van der Waals surface area (Å²) in [6, 6.07) is 12.9. The summed E-state index contributed by atoms with van der Waals surface area (Å²) in [7, 11) is 3.16. The number of hydrogen-bond donors (Lipinski definition) is 2. The van der Waals surface area contributed by atoms with E-state index in [4.69, 9.17) is 9.47 Å². The predicted octanol–water partition coefficient (Wildman–Crippen LogP) is 2.73. The Morgan fingerprint density at radius 3 is 2.65 bits per heavy atom. The van der Waals surface area contributed by atoms with Gasteiger partial charge in [0.05, 0.1) is 19.8 Å². The van der Waals surface area contributed by atoms with Crippen molar-refractivity contribution in [2.24, 2.45) is 0 Å². The Balaban J connectivity index is 1.67. The van der Waals surface area contributed by atoms with Gasteiger partial charge in [-0.3, -0.25) is 9.59 Å². The SMILES string of the molecule is COc1ccc2[nH]cc(C(=O)C(=O)NCCc3ccccc3OC)c2c1. The maximum Gasteiger partial charge on any atom is 0.292 e. The van der Waals surface area contributed by atoms with Crippen LogP contribution < -0.4 is 14.8 Å². The lowest BCUT2D eigenvalue weighted by atomic mass is 10.1. The van der Waals surface area contributed by atoms with Crippen molar-refractivity contribution >= 4 is 22.6 Å². The summed E-state index contributed by atoms with van der Waals surface area (Å²) in [5.41, 5.74) is 2.07. The second-order valence-electron chi connectivity index (χ2n) is 5.76. The van der Waals surface area contributed by atoms with Crippen LogP contribution in [0.2, 0.25) is 0 Å². The largest absolute Gasteiger partial charge is 0.497 e. The second-order valence-corrected chi connectivity index (χ2v) is 5.76. The van der Waals surface area contributed by atoms with E-state index in [0.717, 1.165) is 16.8 Å². The number of hydrogen-bond acceptors (Lipinski definition) is 4. The summed E-state index contributed by atoms with van der Waals surface area (Å²) in [5, 5.41) is 3.34. The highest BCUT2D eigenvalue weighted by molar-refractivity contribution is 6.45. The third-order valence-electron chi connectivity index (χ3n) is 4.21. The number of para-hydroxylation sites is 1. The van der Waals surface area contributed by atoms with E-state index < -0.39 is 11.7 Å². The molecule has 0 saturated carbocycles. The maximum atomic E-state index is 12.5. The number of fused-ring (bicyclic) bond motifs is 1. The molecule has 3 aromatic rings. The molecule has 1 amide bonds. The molecule has 0 aliphatic rings. The minimum atomic E-state index is -0.636. The zero-order valence-electron chi connectivity index (χ0n) is 14.7. The van der Waals surface area contributed by atoms with Gasteiger partial charge in [0.15, 0.2) is 0 Å². The zero-order valence-corrected chi connectivity index (χ0v) is 14.7. The average molecular weight is 352 g/mol. The third kappa shape index (κ3) is 3.54. The molecular formula is C20H20N2O4.